The first-order valence-electron chi connectivity index (χ1n) is 4.90. The van der Waals surface area contributed by atoms with E-state index in [1.54, 1.807) is 6.92 Å². The van der Waals surface area contributed by atoms with Crippen molar-refractivity contribution in [2.24, 2.45) is 0 Å². The first kappa shape index (κ1) is 13.7. The minimum Gasteiger partial charge on any atom is -0.481 e. The van der Waals surface area contributed by atoms with Gasteiger partial charge in [0.25, 0.3) is 10.0 Å². The normalized spacial score (nSPS) is 12.6. The van der Waals surface area contributed by atoms with Crippen molar-refractivity contribution in [3.63, 3.8) is 0 Å². The number of imidazole rings is 1. The first-order chi connectivity index (χ1) is 7.62. The van der Waals surface area contributed by atoms with Crippen LogP contribution in [0.25, 0.3) is 0 Å². The fourth-order valence-electron chi connectivity index (χ4n) is 1.37. The molecule has 0 aliphatic heterocycles. The molecular weight excluding hydrogens is 246 g/mol. The number of aryl methyl sites for hydroxylation is 1. The van der Waals surface area contributed by atoms with Crippen LogP contribution in [-0.2, 0) is 14.8 Å². The minimum absolute atomic E-state index is 0.0755. The second-order valence-electron chi connectivity index (χ2n) is 4.39. The van der Waals surface area contributed by atoms with Crippen LogP contribution in [0.4, 0.5) is 0 Å². The van der Waals surface area contributed by atoms with Crippen molar-refractivity contribution >= 4 is 16.0 Å². The Morgan fingerprint density at radius 2 is 2.18 bits per heavy atom. The number of aliphatic carboxylic acids is 1. The second kappa shape index (κ2) is 4.46. The molecule has 0 saturated heterocycles. The molecule has 1 rings (SSSR count). The molecular formula is C9H15N3O4S. The summed E-state index contributed by atoms with van der Waals surface area (Å²) < 4.78 is 26.0. The lowest BCUT2D eigenvalue weighted by Gasteiger charge is -2.23. The molecule has 17 heavy (non-hydrogen) atoms. The zero-order valence-electron chi connectivity index (χ0n) is 9.81. The first-order valence-corrected chi connectivity index (χ1v) is 6.38. The number of carboxylic acids is 1. The lowest BCUT2D eigenvalue weighted by Crippen LogP contribution is -2.44. The highest BCUT2D eigenvalue weighted by atomic mass is 32.2. The Balaban J connectivity index is 2.90. The molecule has 1 heterocycles. The van der Waals surface area contributed by atoms with E-state index in [1.165, 1.54) is 20.0 Å². The minimum atomic E-state index is -3.77. The van der Waals surface area contributed by atoms with Crippen LogP contribution in [0.15, 0.2) is 11.2 Å². The van der Waals surface area contributed by atoms with Gasteiger partial charge in [-0.25, -0.2) is 18.1 Å². The van der Waals surface area contributed by atoms with E-state index in [4.69, 9.17) is 5.11 Å². The van der Waals surface area contributed by atoms with E-state index < -0.39 is 21.5 Å². The molecule has 3 N–H and O–H groups in total. The molecule has 0 radical (unpaired) electrons. The summed E-state index contributed by atoms with van der Waals surface area (Å²) >= 11 is 0. The predicted octanol–water partition coefficient (Wildman–Crippen LogP) is 0.250. The molecule has 0 aliphatic rings. The highest BCUT2D eigenvalue weighted by molar-refractivity contribution is 7.89. The van der Waals surface area contributed by atoms with E-state index >= 15 is 0 Å². The number of sulfonamides is 1. The van der Waals surface area contributed by atoms with Crippen LogP contribution in [-0.4, -0.2) is 35.0 Å². The van der Waals surface area contributed by atoms with E-state index in [0.29, 0.717) is 5.82 Å². The number of aromatic nitrogens is 2. The highest BCUT2D eigenvalue weighted by Gasteiger charge is 2.29. The van der Waals surface area contributed by atoms with Crippen LogP contribution in [0.3, 0.4) is 0 Å². The molecule has 1 aromatic heterocycles. The fourth-order valence-corrected chi connectivity index (χ4v) is 2.75. The summed E-state index contributed by atoms with van der Waals surface area (Å²) in [6.45, 7) is 4.63. The molecule has 0 aromatic carbocycles. The third-order valence-corrected chi connectivity index (χ3v) is 3.58. The number of nitrogens with one attached hydrogen (secondary N) is 2. The van der Waals surface area contributed by atoms with Crippen LogP contribution < -0.4 is 4.72 Å². The SMILES string of the molecule is Cc1ncc(S(=O)(=O)NC(C)(C)CC(=O)O)[nH]1. The number of carboxylic acid groups (broad SMARTS) is 1. The van der Waals surface area contributed by atoms with Crippen molar-refractivity contribution < 1.29 is 18.3 Å². The summed E-state index contributed by atoms with van der Waals surface area (Å²) in [5.74, 6) is -0.597. The smallest absolute Gasteiger partial charge is 0.305 e. The van der Waals surface area contributed by atoms with Gasteiger partial charge >= 0.3 is 5.97 Å². The Morgan fingerprint density at radius 1 is 1.59 bits per heavy atom. The van der Waals surface area contributed by atoms with Gasteiger partial charge in [-0.05, 0) is 20.8 Å². The summed E-state index contributed by atoms with van der Waals surface area (Å²) in [6.07, 6.45) is 0.883. The zero-order valence-corrected chi connectivity index (χ0v) is 10.6. The van der Waals surface area contributed by atoms with Crippen molar-refractivity contribution in [2.45, 2.75) is 37.8 Å². The molecule has 0 bridgehead atoms. The van der Waals surface area contributed by atoms with E-state index in [-0.39, 0.29) is 11.4 Å². The van der Waals surface area contributed by atoms with Crippen molar-refractivity contribution in [1.82, 2.24) is 14.7 Å². The van der Waals surface area contributed by atoms with Gasteiger partial charge in [0.05, 0.1) is 12.6 Å². The molecule has 0 aliphatic carbocycles. The summed E-state index contributed by atoms with van der Waals surface area (Å²) in [6, 6.07) is 0. The molecule has 8 heteroatoms. The molecule has 0 fully saturated rings. The Labute approximate surface area is 99.3 Å². The van der Waals surface area contributed by atoms with Crippen LogP contribution in [0.2, 0.25) is 0 Å². The van der Waals surface area contributed by atoms with Gasteiger partial charge < -0.3 is 10.1 Å². The average molecular weight is 261 g/mol. The maximum absolute atomic E-state index is 11.9. The number of hydrogen-bond acceptors (Lipinski definition) is 4. The van der Waals surface area contributed by atoms with Crippen LogP contribution in [0.1, 0.15) is 26.1 Å². The second-order valence-corrected chi connectivity index (χ2v) is 6.04. The van der Waals surface area contributed by atoms with E-state index in [9.17, 15) is 13.2 Å². The lowest BCUT2D eigenvalue weighted by molar-refractivity contribution is -0.138. The number of aromatic amines is 1. The highest BCUT2D eigenvalue weighted by Crippen LogP contribution is 2.14. The van der Waals surface area contributed by atoms with Gasteiger partial charge in [-0.15, -0.1) is 0 Å². The lowest BCUT2D eigenvalue weighted by atomic mass is 10.0. The van der Waals surface area contributed by atoms with Crippen molar-refractivity contribution in [3.8, 4) is 0 Å². The molecule has 7 nitrogen and oxygen atoms in total. The average Bonchev–Trinajstić information content (AvgIpc) is 2.46. The summed E-state index contributed by atoms with van der Waals surface area (Å²) in [5.41, 5.74) is -1.07. The number of carbonyl (C=O) groups is 1. The Hall–Kier alpha value is -1.41. The number of rotatable bonds is 5. The molecule has 96 valence electrons. The Kier molecular flexibility index (Phi) is 3.58. The van der Waals surface area contributed by atoms with Gasteiger partial charge in [-0.3, -0.25) is 4.79 Å². The summed E-state index contributed by atoms with van der Waals surface area (Å²) in [4.78, 5) is 17.0. The van der Waals surface area contributed by atoms with Crippen molar-refractivity contribution in [1.29, 1.82) is 0 Å². The number of nitrogens with zero attached hydrogens (tertiary/aromatic N) is 1. The number of H-pyrrole nitrogens is 1. The fraction of sp³-hybridized carbons (Fsp3) is 0.556. The van der Waals surface area contributed by atoms with Crippen molar-refractivity contribution in [3.05, 3.63) is 12.0 Å². The molecule has 0 saturated carbocycles. The topological polar surface area (TPSA) is 112 Å². The maximum Gasteiger partial charge on any atom is 0.305 e. The number of hydrogen-bond donors (Lipinski definition) is 3. The maximum atomic E-state index is 11.9. The summed E-state index contributed by atoms with van der Waals surface area (Å²) in [5, 5.41) is 8.59. The largest absolute Gasteiger partial charge is 0.481 e. The Bertz CT molecular complexity index is 518. The quantitative estimate of drug-likeness (QED) is 0.703. The van der Waals surface area contributed by atoms with E-state index in [0.717, 1.165) is 0 Å². The molecule has 0 amide bonds. The van der Waals surface area contributed by atoms with Gasteiger partial charge in [-0.1, -0.05) is 0 Å². The van der Waals surface area contributed by atoms with Gasteiger partial charge in [0.1, 0.15) is 5.82 Å². The van der Waals surface area contributed by atoms with Gasteiger partial charge in [0, 0.05) is 5.54 Å². The zero-order chi connectivity index (χ0) is 13.3. The van der Waals surface area contributed by atoms with Gasteiger partial charge in [0.15, 0.2) is 5.03 Å². The van der Waals surface area contributed by atoms with Crippen LogP contribution in [0, 0.1) is 6.92 Å². The van der Waals surface area contributed by atoms with E-state index in [2.05, 4.69) is 14.7 Å². The Morgan fingerprint density at radius 3 is 2.59 bits per heavy atom. The third-order valence-electron chi connectivity index (χ3n) is 1.97. The monoisotopic (exact) mass is 261 g/mol. The molecule has 0 unspecified atom stereocenters. The van der Waals surface area contributed by atoms with E-state index in [1.807, 2.05) is 0 Å². The van der Waals surface area contributed by atoms with Crippen molar-refractivity contribution in [2.75, 3.05) is 0 Å². The van der Waals surface area contributed by atoms with Gasteiger partial charge in [-0.2, -0.15) is 0 Å². The third kappa shape index (κ3) is 3.82. The van der Waals surface area contributed by atoms with Crippen LogP contribution in [0.5, 0.6) is 0 Å². The molecule has 0 atom stereocenters. The van der Waals surface area contributed by atoms with Crippen LogP contribution >= 0.6 is 0 Å². The molecule has 0 spiro atoms. The standard InChI is InChI=1S/C9H15N3O4S/c1-6-10-5-7(11-6)17(15,16)12-9(2,3)4-8(13)14/h5,12H,4H2,1-3H3,(H,10,11)(H,13,14). The molecule has 1 aromatic rings. The van der Waals surface area contributed by atoms with Gasteiger partial charge in [0.2, 0.25) is 0 Å². The summed E-state index contributed by atoms with van der Waals surface area (Å²) in [7, 11) is -3.77. The predicted molar refractivity (Wildman–Crippen MR) is 60.0 cm³/mol.